The van der Waals surface area contributed by atoms with E-state index < -0.39 is 0 Å². The molecule has 3 aromatic carbocycles. The van der Waals surface area contributed by atoms with Crippen molar-refractivity contribution >= 4 is 34.6 Å². The molecule has 0 amide bonds. The molecule has 0 aliphatic carbocycles. The maximum atomic E-state index is 9.83. The number of hydrogen-bond acceptors (Lipinski definition) is 4. The van der Waals surface area contributed by atoms with Crippen LogP contribution < -0.4 is 0 Å². The van der Waals surface area contributed by atoms with E-state index in [-0.39, 0.29) is 5.75 Å². The van der Waals surface area contributed by atoms with Crippen molar-refractivity contribution in [1.82, 2.24) is 4.98 Å². The van der Waals surface area contributed by atoms with Crippen LogP contribution in [0.15, 0.2) is 70.1 Å². The number of nitrogens with zero attached hydrogens (tertiary/aromatic N) is 2. The predicted octanol–water partition coefficient (Wildman–Crippen LogP) is 5.91. The molecular weight excluding hydrogens is 348 g/mol. The third-order valence-electron chi connectivity index (χ3n) is 4.01. The molecular formula is C21H15ClN2O2. The Bertz CT molecular complexity index is 1130. The Morgan fingerprint density at radius 2 is 1.92 bits per heavy atom. The zero-order chi connectivity index (χ0) is 18.1. The summed E-state index contributed by atoms with van der Waals surface area (Å²) in [6.45, 7) is 2.00. The highest BCUT2D eigenvalue weighted by atomic mass is 35.5. The first-order valence-corrected chi connectivity index (χ1v) is 8.47. The van der Waals surface area contributed by atoms with Crippen molar-refractivity contribution < 1.29 is 9.52 Å². The number of benzene rings is 3. The van der Waals surface area contributed by atoms with E-state index in [1.54, 1.807) is 36.5 Å². The largest absolute Gasteiger partial charge is 0.507 e. The number of para-hydroxylation sites is 1. The number of aliphatic imine (C=N–C) groups is 1. The Balaban J connectivity index is 1.73. The SMILES string of the molecule is Cc1ccc2nc(-c3cc(N=Cc4ccccc4O)ccc3Cl)oc2c1. The lowest BCUT2D eigenvalue weighted by Crippen LogP contribution is -1.82. The quantitative estimate of drug-likeness (QED) is 0.460. The fourth-order valence-corrected chi connectivity index (χ4v) is 2.84. The fourth-order valence-electron chi connectivity index (χ4n) is 2.65. The van der Waals surface area contributed by atoms with Crippen LogP contribution in [0.5, 0.6) is 5.75 Å². The van der Waals surface area contributed by atoms with Gasteiger partial charge in [0.2, 0.25) is 5.89 Å². The van der Waals surface area contributed by atoms with Crippen LogP contribution in [-0.2, 0) is 0 Å². The molecule has 4 nitrogen and oxygen atoms in total. The number of oxazole rings is 1. The molecule has 5 heteroatoms. The standard InChI is InChI=1S/C21H15ClN2O2/c1-13-6-9-18-20(10-13)26-21(24-18)16-11-15(7-8-17(16)22)23-12-14-4-2-3-5-19(14)25/h2-12,25H,1H3. The number of aryl methyl sites for hydroxylation is 1. The average molecular weight is 363 g/mol. The second kappa shape index (κ2) is 6.65. The summed E-state index contributed by atoms with van der Waals surface area (Å²) in [6.07, 6.45) is 1.61. The normalized spacial score (nSPS) is 11.5. The topological polar surface area (TPSA) is 58.6 Å². The van der Waals surface area contributed by atoms with Crippen molar-refractivity contribution in [3.63, 3.8) is 0 Å². The summed E-state index contributed by atoms with van der Waals surface area (Å²) in [5, 5.41) is 10.4. The van der Waals surface area contributed by atoms with Gasteiger partial charge in [0.05, 0.1) is 16.3 Å². The van der Waals surface area contributed by atoms with E-state index in [2.05, 4.69) is 9.98 Å². The van der Waals surface area contributed by atoms with Gasteiger partial charge in [0.25, 0.3) is 0 Å². The Morgan fingerprint density at radius 1 is 1.08 bits per heavy atom. The highest BCUT2D eigenvalue weighted by molar-refractivity contribution is 6.33. The van der Waals surface area contributed by atoms with E-state index >= 15 is 0 Å². The number of phenolic OH excluding ortho intramolecular Hbond substituents is 1. The second-order valence-electron chi connectivity index (χ2n) is 5.97. The van der Waals surface area contributed by atoms with Crippen molar-refractivity contribution in [2.75, 3.05) is 0 Å². The van der Waals surface area contributed by atoms with Crippen LogP contribution in [0.1, 0.15) is 11.1 Å². The summed E-state index contributed by atoms with van der Waals surface area (Å²) < 4.78 is 5.87. The first-order chi connectivity index (χ1) is 12.6. The van der Waals surface area contributed by atoms with E-state index in [1.807, 2.05) is 37.3 Å². The molecule has 0 saturated heterocycles. The molecule has 0 atom stereocenters. The minimum atomic E-state index is 0.180. The van der Waals surface area contributed by atoms with Gasteiger partial charge in [0.1, 0.15) is 11.3 Å². The van der Waals surface area contributed by atoms with Crippen molar-refractivity contribution in [1.29, 1.82) is 0 Å². The highest BCUT2D eigenvalue weighted by Gasteiger charge is 2.12. The molecule has 0 fully saturated rings. The van der Waals surface area contributed by atoms with Gasteiger partial charge in [0, 0.05) is 11.8 Å². The van der Waals surface area contributed by atoms with E-state index in [0.29, 0.717) is 27.7 Å². The summed E-state index contributed by atoms with van der Waals surface area (Å²) in [6, 6.07) is 18.2. The van der Waals surface area contributed by atoms with Gasteiger partial charge in [-0.1, -0.05) is 29.8 Å². The lowest BCUT2D eigenvalue weighted by Gasteiger charge is -2.02. The zero-order valence-corrected chi connectivity index (χ0v) is 14.7. The molecule has 26 heavy (non-hydrogen) atoms. The molecule has 0 bridgehead atoms. The van der Waals surface area contributed by atoms with E-state index in [0.717, 1.165) is 16.7 Å². The predicted molar refractivity (Wildman–Crippen MR) is 105 cm³/mol. The number of aromatic hydroxyl groups is 1. The smallest absolute Gasteiger partial charge is 0.228 e. The second-order valence-corrected chi connectivity index (χ2v) is 6.38. The molecule has 0 spiro atoms. The number of rotatable bonds is 3. The summed E-state index contributed by atoms with van der Waals surface area (Å²) >= 11 is 6.34. The van der Waals surface area contributed by atoms with Gasteiger partial charge in [-0.15, -0.1) is 0 Å². The molecule has 4 aromatic rings. The number of phenols is 1. The van der Waals surface area contributed by atoms with Gasteiger partial charge < -0.3 is 9.52 Å². The third-order valence-corrected chi connectivity index (χ3v) is 4.34. The molecule has 1 heterocycles. The van der Waals surface area contributed by atoms with E-state index in [4.69, 9.17) is 16.0 Å². The third kappa shape index (κ3) is 3.19. The molecule has 0 aliphatic heterocycles. The number of hydrogen-bond donors (Lipinski definition) is 1. The zero-order valence-electron chi connectivity index (χ0n) is 14.0. The maximum absolute atomic E-state index is 9.83. The van der Waals surface area contributed by atoms with Crippen LogP contribution in [0.25, 0.3) is 22.6 Å². The summed E-state index contributed by atoms with van der Waals surface area (Å²) in [4.78, 5) is 8.93. The lowest BCUT2D eigenvalue weighted by atomic mass is 10.2. The van der Waals surface area contributed by atoms with Crippen LogP contribution in [0.2, 0.25) is 5.02 Å². The average Bonchev–Trinajstić information content (AvgIpc) is 3.05. The van der Waals surface area contributed by atoms with Crippen molar-refractivity contribution in [3.05, 3.63) is 76.8 Å². The Morgan fingerprint density at radius 3 is 2.77 bits per heavy atom. The Kier molecular flexibility index (Phi) is 4.19. The van der Waals surface area contributed by atoms with Crippen LogP contribution in [0.3, 0.4) is 0 Å². The fraction of sp³-hybridized carbons (Fsp3) is 0.0476. The molecule has 1 aromatic heterocycles. The van der Waals surface area contributed by atoms with Gasteiger partial charge in [-0.25, -0.2) is 4.98 Å². The summed E-state index contributed by atoms with van der Waals surface area (Å²) in [7, 11) is 0. The van der Waals surface area contributed by atoms with Crippen LogP contribution in [0, 0.1) is 6.92 Å². The van der Waals surface area contributed by atoms with Gasteiger partial charge in [-0.3, -0.25) is 4.99 Å². The van der Waals surface area contributed by atoms with Gasteiger partial charge in [0.15, 0.2) is 5.58 Å². The van der Waals surface area contributed by atoms with Crippen molar-refractivity contribution in [2.45, 2.75) is 6.92 Å². The maximum Gasteiger partial charge on any atom is 0.228 e. The summed E-state index contributed by atoms with van der Waals surface area (Å²) in [5.41, 5.74) is 4.61. The molecule has 4 rings (SSSR count). The first kappa shape index (κ1) is 16.4. The summed E-state index contributed by atoms with van der Waals surface area (Å²) in [5.74, 6) is 0.634. The van der Waals surface area contributed by atoms with Gasteiger partial charge in [-0.05, 0) is 55.0 Å². The number of halogens is 1. The van der Waals surface area contributed by atoms with Crippen LogP contribution in [-0.4, -0.2) is 16.3 Å². The molecule has 0 unspecified atom stereocenters. The highest BCUT2D eigenvalue weighted by Crippen LogP contribution is 2.33. The van der Waals surface area contributed by atoms with Crippen molar-refractivity contribution in [2.24, 2.45) is 4.99 Å². The van der Waals surface area contributed by atoms with Gasteiger partial charge >= 0.3 is 0 Å². The Labute approximate surface area is 155 Å². The molecule has 0 aliphatic rings. The van der Waals surface area contributed by atoms with Crippen LogP contribution in [0.4, 0.5) is 5.69 Å². The number of aromatic nitrogens is 1. The molecule has 0 radical (unpaired) electrons. The van der Waals surface area contributed by atoms with Crippen LogP contribution >= 0.6 is 11.6 Å². The molecule has 0 saturated carbocycles. The number of fused-ring (bicyclic) bond motifs is 1. The minimum absolute atomic E-state index is 0.180. The molecule has 128 valence electrons. The Hall–Kier alpha value is -3.11. The van der Waals surface area contributed by atoms with Crippen molar-refractivity contribution in [3.8, 4) is 17.2 Å². The van der Waals surface area contributed by atoms with Gasteiger partial charge in [-0.2, -0.15) is 0 Å². The lowest BCUT2D eigenvalue weighted by molar-refractivity contribution is 0.474. The van der Waals surface area contributed by atoms with E-state index in [1.165, 1.54) is 0 Å². The monoisotopic (exact) mass is 362 g/mol. The first-order valence-electron chi connectivity index (χ1n) is 8.09. The van der Waals surface area contributed by atoms with E-state index in [9.17, 15) is 5.11 Å². The molecule has 1 N–H and O–H groups in total. The minimum Gasteiger partial charge on any atom is -0.507 e.